The smallest absolute Gasteiger partial charge is 0.274 e. The fourth-order valence-corrected chi connectivity index (χ4v) is 1.70. The molecule has 1 aliphatic heterocycles. The molecule has 2 N–H and O–H groups in total. The summed E-state index contributed by atoms with van der Waals surface area (Å²) < 4.78 is 0. The Morgan fingerprint density at radius 2 is 2.27 bits per heavy atom. The summed E-state index contributed by atoms with van der Waals surface area (Å²) in [6, 6.07) is 5.00. The number of nitrogens with one attached hydrogen (secondary N) is 1. The lowest BCUT2D eigenvalue weighted by atomic mass is 10.1. The van der Waals surface area contributed by atoms with Gasteiger partial charge in [0.25, 0.3) is 5.91 Å². The zero-order valence-electron chi connectivity index (χ0n) is 8.45. The van der Waals surface area contributed by atoms with Gasteiger partial charge >= 0.3 is 0 Å². The minimum atomic E-state index is -0.234. The molecule has 0 saturated heterocycles. The highest BCUT2D eigenvalue weighted by Gasteiger charge is 2.17. The van der Waals surface area contributed by atoms with E-state index in [1.54, 1.807) is 18.2 Å². The van der Waals surface area contributed by atoms with Gasteiger partial charge in [-0.3, -0.25) is 4.79 Å². The van der Waals surface area contributed by atoms with Gasteiger partial charge in [-0.15, -0.1) is 0 Å². The van der Waals surface area contributed by atoms with Crippen LogP contribution in [0.1, 0.15) is 6.42 Å². The van der Waals surface area contributed by atoms with E-state index < -0.39 is 0 Å². The zero-order chi connectivity index (χ0) is 10.8. The number of nitrogens with zero attached hydrogens (tertiary/aromatic N) is 1. The van der Waals surface area contributed by atoms with Crippen LogP contribution in [0.3, 0.4) is 0 Å². The van der Waals surface area contributed by atoms with Gasteiger partial charge in [0, 0.05) is 5.57 Å². The number of phenolic OH excluding ortho intramolecular Hbond substituents is 1. The maximum atomic E-state index is 11.5. The van der Waals surface area contributed by atoms with Crippen LogP contribution in [0, 0.1) is 0 Å². The number of amides is 1. The molecule has 0 saturated carbocycles. The van der Waals surface area contributed by atoms with E-state index in [1.165, 1.54) is 0 Å². The van der Waals surface area contributed by atoms with Crippen molar-refractivity contribution in [2.45, 2.75) is 6.42 Å². The Labute approximate surface area is 87.0 Å². The first-order valence-electron chi connectivity index (χ1n) is 4.83. The van der Waals surface area contributed by atoms with E-state index in [0.717, 1.165) is 0 Å². The maximum absolute atomic E-state index is 11.5. The first kappa shape index (κ1) is 9.86. The lowest BCUT2D eigenvalue weighted by molar-refractivity contribution is -0.112. The number of hydrogen-bond donors (Lipinski definition) is 2. The van der Waals surface area contributed by atoms with Crippen LogP contribution in [0.15, 0.2) is 23.2 Å². The van der Waals surface area contributed by atoms with Crippen LogP contribution in [-0.2, 0) is 4.79 Å². The largest absolute Gasteiger partial charge is 0.507 e. The normalized spacial score (nSPS) is 13.9. The van der Waals surface area contributed by atoms with Crippen molar-refractivity contribution >= 4 is 11.5 Å². The molecule has 0 radical (unpaired) electrons. The third kappa shape index (κ3) is 1.64. The fourth-order valence-electron chi connectivity index (χ4n) is 1.70. The second-order valence-electron chi connectivity index (χ2n) is 3.42. The van der Waals surface area contributed by atoms with Crippen molar-refractivity contribution in [1.82, 2.24) is 5.32 Å². The Bertz CT molecular complexity index is 520. The molecule has 1 aromatic rings. The Hall–Kier alpha value is -1.68. The predicted molar refractivity (Wildman–Crippen MR) is 55.8 cm³/mol. The summed E-state index contributed by atoms with van der Waals surface area (Å²) in [7, 11) is 1.82. The number of hydrogen-bond acceptors (Lipinski definition) is 3. The molecule has 0 aromatic heterocycles. The van der Waals surface area contributed by atoms with Crippen LogP contribution < -0.4 is 15.9 Å². The van der Waals surface area contributed by atoms with E-state index in [1.807, 2.05) is 7.05 Å². The molecule has 1 heterocycles. The quantitative estimate of drug-likeness (QED) is 0.685. The molecule has 0 aliphatic carbocycles. The maximum Gasteiger partial charge on any atom is 0.274 e. The van der Waals surface area contributed by atoms with Crippen LogP contribution in [0.25, 0.3) is 5.57 Å². The van der Waals surface area contributed by atoms with Crippen LogP contribution in [-0.4, -0.2) is 24.6 Å². The summed E-state index contributed by atoms with van der Waals surface area (Å²) in [6.45, 7) is 0.699. The minimum absolute atomic E-state index is 0.133. The second-order valence-corrected chi connectivity index (χ2v) is 3.42. The molecule has 4 nitrogen and oxygen atoms in total. The molecule has 4 heteroatoms. The van der Waals surface area contributed by atoms with Gasteiger partial charge in [0.15, 0.2) is 0 Å². The summed E-state index contributed by atoms with van der Waals surface area (Å²) in [5, 5.41) is 13.8. The molecule has 2 rings (SSSR count). The Morgan fingerprint density at radius 3 is 3.00 bits per heavy atom. The molecule has 1 aromatic carbocycles. The van der Waals surface area contributed by atoms with Gasteiger partial charge in [-0.1, -0.05) is 6.07 Å². The number of phenols is 1. The molecule has 1 amide bonds. The van der Waals surface area contributed by atoms with Crippen LogP contribution in [0.2, 0.25) is 0 Å². The molecule has 0 fully saturated rings. The summed E-state index contributed by atoms with van der Waals surface area (Å²) in [5.41, 5.74) is 0.595. The van der Waals surface area contributed by atoms with E-state index in [-0.39, 0.29) is 11.7 Å². The summed E-state index contributed by atoms with van der Waals surface area (Å²) in [4.78, 5) is 15.4. The molecule has 78 valence electrons. The molecular weight excluding hydrogens is 192 g/mol. The molecular formula is C11H12N2O2. The predicted octanol–water partition coefficient (Wildman–Crippen LogP) is -0.688. The van der Waals surface area contributed by atoms with Gasteiger partial charge in [-0.25, -0.2) is 4.99 Å². The van der Waals surface area contributed by atoms with Gasteiger partial charge in [0.05, 0.1) is 10.6 Å². The summed E-state index contributed by atoms with van der Waals surface area (Å²) in [5.74, 6) is -0.102. The van der Waals surface area contributed by atoms with E-state index in [9.17, 15) is 9.90 Å². The molecule has 0 bridgehead atoms. The Morgan fingerprint density at radius 1 is 1.47 bits per heavy atom. The minimum Gasteiger partial charge on any atom is -0.507 e. The molecule has 1 aliphatic rings. The van der Waals surface area contributed by atoms with E-state index in [2.05, 4.69) is 10.3 Å². The van der Waals surface area contributed by atoms with E-state index in [4.69, 9.17) is 0 Å². The number of aromatic hydroxyl groups is 1. The highest BCUT2D eigenvalue weighted by atomic mass is 16.3. The molecule has 0 unspecified atom stereocenters. The van der Waals surface area contributed by atoms with Crippen molar-refractivity contribution in [2.75, 3.05) is 13.6 Å². The van der Waals surface area contributed by atoms with Crippen molar-refractivity contribution in [1.29, 1.82) is 0 Å². The number of benzene rings is 1. The monoisotopic (exact) mass is 204 g/mol. The van der Waals surface area contributed by atoms with E-state index >= 15 is 0 Å². The van der Waals surface area contributed by atoms with Gasteiger partial charge in [-0.05, 0) is 32.1 Å². The van der Waals surface area contributed by atoms with Crippen molar-refractivity contribution < 1.29 is 9.90 Å². The lowest BCUT2D eigenvalue weighted by Gasteiger charge is -1.99. The topological polar surface area (TPSA) is 61.7 Å². The average molecular weight is 204 g/mol. The van der Waals surface area contributed by atoms with E-state index in [0.29, 0.717) is 29.1 Å². The van der Waals surface area contributed by atoms with Gasteiger partial charge in [0.2, 0.25) is 0 Å². The fraction of sp³-hybridized carbons (Fsp3) is 0.273. The van der Waals surface area contributed by atoms with Crippen LogP contribution in [0.4, 0.5) is 0 Å². The van der Waals surface area contributed by atoms with Crippen LogP contribution >= 0.6 is 0 Å². The SMILES string of the molecule is CNCCC1=c2c(O)cccc2=NC1=O. The van der Waals surface area contributed by atoms with Crippen LogP contribution in [0.5, 0.6) is 5.75 Å². The van der Waals surface area contributed by atoms with Crippen molar-refractivity contribution in [2.24, 2.45) is 4.99 Å². The van der Waals surface area contributed by atoms with Crippen molar-refractivity contribution in [3.05, 3.63) is 28.8 Å². The highest BCUT2D eigenvalue weighted by molar-refractivity contribution is 6.15. The Balaban J connectivity index is 2.60. The molecule has 0 atom stereocenters. The van der Waals surface area contributed by atoms with Crippen molar-refractivity contribution in [3.8, 4) is 5.75 Å². The summed E-state index contributed by atoms with van der Waals surface area (Å²) >= 11 is 0. The standard InChI is InChI=1S/C11H12N2O2/c1-12-6-5-7-10-8(13-11(7)15)3-2-4-9(10)14/h2-4,12,14H,5-6H2,1H3. The lowest BCUT2D eigenvalue weighted by Crippen LogP contribution is -2.24. The highest BCUT2D eigenvalue weighted by Crippen LogP contribution is 2.09. The molecule has 15 heavy (non-hydrogen) atoms. The number of rotatable bonds is 3. The van der Waals surface area contributed by atoms with Gasteiger partial charge in [-0.2, -0.15) is 0 Å². The second kappa shape index (κ2) is 3.82. The molecule has 0 spiro atoms. The average Bonchev–Trinajstić information content (AvgIpc) is 2.53. The number of fused-ring (bicyclic) bond motifs is 1. The number of carbonyl (C=O) groups excluding carboxylic acids is 1. The first-order chi connectivity index (χ1) is 7.24. The first-order valence-corrected chi connectivity index (χ1v) is 4.83. The number of carbonyl (C=O) groups is 1. The van der Waals surface area contributed by atoms with Gasteiger partial charge < -0.3 is 10.4 Å². The van der Waals surface area contributed by atoms with Crippen molar-refractivity contribution in [3.63, 3.8) is 0 Å². The Kier molecular flexibility index (Phi) is 2.51. The van der Waals surface area contributed by atoms with Gasteiger partial charge in [0.1, 0.15) is 5.75 Å². The summed E-state index contributed by atoms with van der Waals surface area (Å²) in [6.07, 6.45) is 0.587. The zero-order valence-corrected chi connectivity index (χ0v) is 8.45. The third-order valence-corrected chi connectivity index (χ3v) is 2.43. The third-order valence-electron chi connectivity index (χ3n) is 2.43.